The van der Waals surface area contributed by atoms with Gasteiger partial charge < -0.3 is 14.5 Å². The van der Waals surface area contributed by atoms with E-state index in [-0.39, 0.29) is 12.2 Å². The zero-order valence-electron chi connectivity index (χ0n) is 35.9. The van der Waals surface area contributed by atoms with Gasteiger partial charge in [-0.25, -0.2) is 9.59 Å². The Morgan fingerprint density at radius 3 is 1.46 bits per heavy atom. The SMILES string of the molecule is CC(C)(C)OC(=O)n1ccc2ccccc21.CC(C)(C)OC(=O)n1ccc2ccccc21.CI.CS(I)=PC12CC3CC(CC(C3)C1)C2.C[18F].c1ccc2[nH]ccc2c1. The molecule has 59 heavy (non-hydrogen) atoms. The first-order chi connectivity index (χ1) is 28.1. The average molecular weight is 1070 g/mol. The number of carbonyl (C=O) groups is 2. The van der Waals surface area contributed by atoms with Gasteiger partial charge in [0.15, 0.2) is 0 Å². The van der Waals surface area contributed by atoms with Crippen molar-refractivity contribution in [2.45, 2.75) is 96.4 Å². The summed E-state index contributed by atoms with van der Waals surface area (Å²) in [5.74, 6) is 3.40. The molecule has 3 aromatic carbocycles. The van der Waals surface area contributed by atoms with Crippen LogP contribution in [0.15, 0.2) is 110 Å². The van der Waals surface area contributed by atoms with Gasteiger partial charge in [-0.1, -0.05) is 84.5 Å². The van der Waals surface area contributed by atoms with E-state index in [2.05, 4.69) is 73.2 Å². The van der Waals surface area contributed by atoms with Gasteiger partial charge in [0.2, 0.25) is 0 Å². The molecule has 1 unspecified atom stereocenters. The molecule has 10 rings (SSSR count). The van der Waals surface area contributed by atoms with Crippen LogP contribution >= 0.6 is 51.2 Å². The summed E-state index contributed by atoms with van der Waals surface area (Å²) in [5, 5.41) is 4.15. The molecule has 4 bridgehead atoms. The third-order valence-electron chi connectivity index (χ3n) is 10.2. The molecule has 4 aliphatic carbocycles. The summed E-state index contributed by atoms with van der Waals surface area (Å²) in [6.45, 7) is 11.1. The molecule has 320 valence electrons. The van der Waals surface area contributed by atoms with E-state index in [1.54, 1.807) is 58.3 Å². The monoisotopic (exact) mass is 1070 g/mol. The van der Waals surface area contributed by atoms with Crippen molar-refractivity contribution in [2.24, 2.45) is 17.8 Å². The van der Waals surface area contributed by atoms with Gasteiger partial charge in [0.1, 0.15) is 11.2 Å². The lowest BCUT2D eigenvalue weighted by Crippen LogP contribution is -2.47. The molecule has 0 aliphatic heterocycles. The first-order valence-electron chi connectivity index (χ1n) is 20.0. The summed E-state index contributed by atoms with van der Waals surface area (Å²) in [7, 11) is 2.92. The number of aromatic nitrogens is 3. The molecule has 4 aliphatic rings. The maximum atomic E-state index is 11.9. The van der Waals surface area contributed by atoms with E-state index in [0.717, 1.165) is 44.7 Å². The predicted octanol–water partition coefficient (Wildman–Crippen LogP) is 15.1. The van der Waals surface area contributed by atoms with Gasteiger partial charge in [-0.15, -0.1) is 7.24 Å². The second-order valence-corrected chi connectivity index (χ2v) is 27.3. The van der Waals surface area contributed by atoms with E-state index in [9.17, 15) is 14.0 Å². The van der Waals surface area contributed by atoms with Crippen molar-refractivity contribution in [1.29, 1.82) is 0 Å². The normalized spacial score (nSPS) is 20.6. The van der Waals surface area contributed by atoms with Gasteiger partial charge in [0.25, 0.3) is 0 Å². The Labute approximate surface area is 380 Å². The van der Waals surface area contributed by atoms with Gasteiger partial charge >= 0.3 is 12.2 Å². The lowest BCUT2D eigenvalue weighted by molar-refractivity contribution is 0.0377. The number of benzene rings is 3. The van der Waals surface area contributed by atoms with Crippen molar-refractivity contribution in [1.82, 2.24) is 14.1 Å². The number of hydrogen-bond acceptors (Lipinski definition) is 4. The van der Waals surface area contributed by atoms with E-state index in [0.29, 0.717) is 14.4 Å². The molecule has 0 radical (unpaired) electrons. The number of fused-ring (bicyclic) bond motifs is 3. The van der Waals surface area contributed by atoms with Gasteiger partial charge in [-0.05, 0) is 172 Å². The number of halogens is 3. The molecule has 3 aromatic heterocycles. The lowest BCUT2D eigenvalue weighted by atomic mass is 9.56. The highest BCUT2D eigenvalue weighted by atomic mass is 127. The fourth-order valence-corrected chi connectivity index (χ4v) is 16.1. The standard InChI is InChI=1S/2C13H15NO2.C11H18IPS.C8H7N.CH3F.CH3I/c2*1-13(2,3)16-12(15)14-9-8-10-6-4-5-7-11(10)14;1-14(12)13-11-5-8-2-9(6-11)4-10(3-8)7-11;1-2-4-8-7(3-1)5-6-9-8;2*1-2/h2*4-9H,1-3H3;8-10H,2-7H2,1H3;1-6,9H;2*1H3/i;;;;2-1;. The first-order valence-corrected chi connectivity index (χ1v) is 27.8. The van der Waals surface area contributed by atoms with Crippen molar-refractivity contribution >= 4 is 103 Å². The highest BCUT2D eigenvalue weighted by Crippen LogP contribution is 2.61. The van der Waals surface area contributed by atoms with Gasteiger partial charge in [0, 0.05) is 40.0 Å². The molecule has 6 aromatic rings. The highest BCUT2D eigenvalue weighted by molar-refractivity contribution is 14.2. The lowest BCUT2D eigenvalue weighted by Gasteiger charge is -2.55. The summed E-state index contributed by atoms with van der Waals surface area (Å²) in [4.78, 5) is 28.8. The molecule has 1 N–H and O–H groups in total. The quantitative estimate of drug-likeness (QED) is 0.101. The molecular formula is C47H61FI2N3O4PS. The number of aromatic amines is 1. The first kappa shape index (κ1) is 48.9. The Bertz CT molecular complexity index is 2120. The van der Waals surface area contributed by atoms with E-state index >= 15 is 0 Å². The summed E-state index contributed by atoms with van der Waals surface area (Å²) < 4.78 is 23.2. The summed E-state index contributed by atoms with van der Waals surface area (Å²) >= 11 is 4.80. The molecule has 4 saturated carbocycles. The number of alkyl halides is 2. The highest BCUT2D eigenvalue weighted by Gasteiger charge is 2.50. The van der Waals surface area contributed by atoms with E-state index in [4.69, 9.17) is 9.47 Å². The number of H-pyrrole nitrogens is 1. The largest absolute Gasteiger partial charge is 0.443 e. The average Bonchev–Trinajstić information content (AvgIpc) is 3.94. The maximum absolute atomic E-state index is 11.9. The van der Waals surface area contributed by atoms with E-state index in [1.165, 1.54) is 20.0 Å². The zero-order chi connectivity index (χ0) is 43.4. The fourth-order valence-electron chi connectivity index (χ4n) is 8.55. The number of ether oxygens (including phenoxy) is 2. The number of carbonyl (C=O) groups excluding carboxylic acids is 2. The maximum Gasteiger partial charge on any atom is 0.418 e. The van der Waals surface area contributed by atoms with Crippen LogP contribution in [0.2, 0.25) is 0 Å². The Morgan fingerprint density at radius 1 is 0.678 bits per heavy atom. The van der Waals surface area contributed by atoms with E-state index in [1.807, 2.05) is 125 Å². The van der Waals surface area contributed by atoms with Crippen LogP contribution in [0.1, 0.15) is 80.1 Å². The number of nitrogens with one attached hydrogen (secondary N) is 1. The van der Waals surface area contributed by atoms with Crippen molar-refractivity contribution in [3.05, 3.63) is 110 Å². The van der Waals surface area contributed by atoms with E-state index < -0.39 is 11.2 Å². The minimum Gasteiger partial charge on any atom is -0.443 e. The Balaban J connectivity index is 0.000000171. The minimum atomic E-state index is -0.470. The summed E-state index contributed by atoms with van der Waals surface area (Å²) in [6, 6.07) is 29.5. The van der Waals surface area contributed by atoms with Crippen LogP contribution in [-0.2, 0) is 16.7 Å². The third-order valence-corrected chi connectivity index (χ3v) is 15.0. The Morgan fingerprint density at radius 2 is 1.07 bits per heavy atom. The fraction of sp³-hybridized carbons (Fsp3) is 0.447. The molecule has 0 amide bonds. The van der Waals surface area contributed by atoms with Crippen molar-refractivity contribution in [2.75, 3.05) is 18.4 Å². The molecule has 4 fully saturated rings. The van der Waals surface area contributed by atoms with Crippen LogP contribution in [0.3, 0.4) is 0 Å². The van der Waals surface area contributed by atoms with Gasteiger partial charge in [-0.2, -0.15) is 0 Å². The molecular weight excluding hydrogens is 1010 g/mol. The van der Waals surface area contributed by atoms with Gasteiger partial charge in [0.05, 0.1) is 18.2 Å². The Kier molecular flexibility index (Phi) is 18.6. The predicted molar refractivity (Wildman–Crippen MR) is 268 cm³/mol. The van der Waals surface area contributed by atoms with Crippen LogP contribution < -0.4 is 0 Å². The smallest absolute Gasteiger partial charge is 0.418 e. The van der Waals surface area contributed by atoms with Crippen LogP contribution in [-0.4, -0.2) is 61.0 Å². The minimum absolute atomic E-state index is 0.339. The van der Waals surface area contributed by atoms with Crippen LogP contribution in [0.5, 0.6) is 0 Å². The molecule has 7 nitrogen and oxygen atoms in total. The zero-order valence-corrected chi connectivity index (χ0v) is 41.9. The number of hydrogen-bond donors (Lipinski definition) is 1. The number of rotatable bonds is 1. The van der Waals surface area contributed by atoms with Crippen LogP contribution in [0, 0.1) is 17.8 Å². The number of nitrogens with zero attached hydrogens (tertiary/aromatic N) is 2. The molecule has 12 heteroatoms. The molecule has 3 heterocycles. The molecule has 0 spiro atoms. The van der Waals surface area contributed by atoms with Crippen LogP contribution in [0.4, 0.5) is 14.0 Å². The summed E-state index contributed by atoms with van der Waals surface area (Å²) in [6.07, 6.45) is 16.7. The second kappa shape index (κ2) is 22.4. The molecule has 1 atom stereocenters. The Hall–Kier alpha value is -2.74. The van der Waals surface area contributed by atoms with Crippen molar-refractivity contribution in [3.8, 4) is 0 Å². The number of para-hydroxylation sites is 3. The van der Waals surface area contributed by atoms with Crippen molar-refractivity contribution in [3.63, 3.8) is 0 Å². The second-order valence-electron chi connectivity index (χ2n) is 17.2. The third kappa shape index (κ3) is 14.4. The molecule has 0 saturated heterocycles. The topological polar surface area (TPSA) is 78.2 Å². The van der Waals surface area contributed by atoms with Crippen LogP contribution in [0.25, 0.3) is 32.7 Å². The summed E-state index contributed by atoms with van der Waals surface area (Å²) in [5.41, 5.74) is 2.01. The van der Waals surface area contributed by atoms with Crippen molar-refractivity contribution < 1.29 is 23.5 Å². The van der Waals surface area contributed by atoms with Gasteiger partial charge in [-0.3, -0.25) is 13.5 Å².